The van der Waals surface area contributed by atoms with E-state index in [1.807, 2.05) is 48.5 Å². The van der Waals surface area contributed by atoms with Crippen LogP contribution in [0.4, 0.5) is 0 Å². The number of aryl methyl sites for hydroxylation is 3. The van der Waals surface area contributed by atoms with E-state index in [2.05, 4.69) is 137 Å². The van der Waals surface area contributed by atoms with Crippen molar-refractivity contribution < 1.29 is 24.5 Å². The number of fused-ring (bicyclic) bond motifs is 4. The van der Waals surface area contributed by atoms with E-state index in [1.54, 1.807) is 0 Å². The van der Waals surface area contributed by atoms with Gasteiger partial charge in [0.1, 0.15) is 5.58 Å². The van der Waals surface area contributed by atoms with Crippen LogP contribution in [0.2, 0.25) is 19.6 Å². The van der Waals surface area contributed by atoms with Crippen LogP contribution in [-0.4, -0.2) is 22.6 Å². The standard InChI is InChI=1S/C28H21N2O.C18H24NSi.Ir/c1-17-15-18(2)26(19(3)16-17)30-24-13-6-5-12-23(24)29-28(30)22-11-8-10-21-20-9-4-7-14-25(20)31-27(21)22;1-14(2)11-16-12-17(15-9-7-6-8-10-15)19-13-18(16)20(3,4)5;/h4-10,12-16H,1-3H3;6-9,12-14H,11H2,1-5H3;/q2*-1;. The molecule has 8 aromatic rings. The Kier molecular flexibility index (Phi) is 10.8. The fraction of sp³-hybridized carbons (Fsp3) is 0.217. The number of nitrogens with zero attached hydrogens (tertiary/aromatic N) is 3. The van der Waals surface area contributed by atoms with Gasteiger partial charge in [-0.1, -0.05) is 104 Å². The zero-order valence-corrected chi connectivity index (χ0v) is 34.7. The van der Waals surface area contributed by atoms with Crippen molar-refractivity contribution in [3.05, 3.63) is 144 Å². The van der Waals surface area contributed by atoms with Crippen molar-refractivity contribution >= 4 is 46.2 Å². The Bertz CT molecular complexity index is 2480. The molecule has 0 saturated carbocycles. The molecular weight excluding hydrogens is 831 g/mol. The van der Waals surface area contributed by atoms with Gasteiger partial charge in [0.2, 0.25) is 0 Å². The van der Waals surface area contributed by atoms with Gasteiger partial charge >= 0.3 is 0 Å². The van der Waals surface area contributed by atoms with Crippen LogP contribution in [0.3, 0.4) is 0 Å². The first-order chi connectivity index (χ1) is 24.5. The predicted octanol–water partition coefficient (Wildman–Crippen LogP) is 11.6. The van der Waals surface area contributed by atoms with E-state index < -0.39 is 8.07 Å². The molecule has 265 valence electrons. The summed E-state index contributed by atoms with van der Waals surface area (Å²) < 4.78 is 8.58. The second-order valence-corrected chi connectivity index (χ2v) is 20.1. The van der Waals surface area contributed by atoms with Crippen LogP contribution in [0.5, 0.6) is 0 Å². The summed E-state index contributed by atoms with van der Waals surface area (Å²) in [4.78, 5) is 9.74. The van der Waals surface area contributed by atoms with Crippen molar-refractivity contribution in [2.45, 2.75) is 60.7 Å². The molecule has 8 rings (SSSR count). The largest absolute Gasteiger partial charge is 0.501 e. The summed E-state index contributed by atoms with van der Waals surface area (Å²) in [6.45, 7) is 18.2. The minimum absolute atomic E-state index is 0. The second-order valence-electron chi connectivity index (χ2n) is 15.1. The SMILES string of the molecule is CC(C)Cc1cc(-c2[c-]cccc2)ncc1[Si](C)(C)C.Cc1cc(C)c(-n2c(-c3[c-]ccc4c3oc3ccccc34)nc3ccccc32)c(C)c1.[Ir]. The number of aromatic nitrogens is 3. The van der Waals surface area contributed by atoms with Crippen LogP contribution in [0.25, 0.3) is 61.3 Å². The molecule has 0 fully saturated rings. The van der Waals surface area contributed by atoms with Crippen molar-refractivity contribution in [3.8, 4) is 28.3 Å². The van der Waals surface area contributed by atoms with Gasteiger partial charge in [-0.2, -0.15) is 0 Å². The van der Waals surface area contributed by atoms with E-state index in [-0.39, 0.29) is 20.1 Å². The number of pyridine rings is 1. The molecule has 6 heteroatoms. The Hall–Kier alpha value is -4.61. The molecule has 0 amide bonds. The maximum Gasteiger partial charge on any atom is 0.120 e. The summed E-state index contributed by atoms with van der Waals surface area (Å²) >= 11 is 0. The summed E-state index contributed by atoms with van der Waals surface area (Å²) in [6, 6.07) is 42.0. The summed E-state index contributed by atoms with van der Waals surface area (Å²) in [5.41, 5.74) is 13.1. The molecule has 5 aromatic carbocycles. The Morgan fingerprint density at radius 2 is 1.50 bits per heavy atom. The third kappa shape index (κ3) is 7.34. The molecule has 0 bridgehead atoms. The first-order valence-electron chi connectivity index (χ1n) is 17.8. The van der Waals surface area contributed by atoms with Crippen molar-refractivity contribution in [3.63, 3.8) is 0 Å². The van der Waals surface area contributed by atoms with Gasteiger partial charge < -0.3 is 14.0 Å². The van der Waals surface area contributed by atoms with Crippen LogP contribution >= 0.6 is 0 Å². The summed E-state index contributed by atoms with van der Waals surface area (Å²) in [5.74, 6) is 1.51. The smallest absolute Gasteiger partial charge is 0.120 e. The third-order valence-electron chi connectivity index (χ3n) is 9.39. The van der Waals surface area contributed by atoms with Crippen molar-refractivity contribution in [1.29, 1.82) is 0 Å². The summed E-state index contributed by atoms with van der Waals surface area (Å²) in [5, 5.41) is 3.68. The van der Waals surface area contributed by atoms with Gasteiger partial charge in [-0.25, -0.2) is 0 Å². The molecule has 0 aliphatic rings. The molecule has 4 nitrogen and oxygen atoms in total. The number of imidazole rings is 1. The number of hydrogen-bond acceptors (Lipinski definition) is 3. The van der Waals surface area contributed by atoms with E-state index in [4.69, 9.17) is 9.40 Å². The number of hydrogen-bond donors (Lipinski definition) is 0. The summed E-state index contributed by atoms with van der Waals surface area (Å²) in [7, 11) is -1.34. The normalized spacial score (nSPS) is 11.6. The zero-order valence-electron chi connectivity index (χ0n) is 31.3. The molecule has 0 aliphatic heterocycles. The molecule has 1 radical (unpaired) electrons. The van der Waals surface area contributed by atoms with Crippen LogP contribution in [0.1, 0.15) is 36.1 Å². The van der Waals surface area contributed by atoms with Gasteiger partial charge in [-0.3, -0.25) is 4.98 Å². The first-order valence-corrected chi connectivity index (χ1v) is 21.3. The third-order valence-corrected chi connectivity index (χ3v) is 11.5. The fourth-order valence-electron chi connectivity index (χ4n) is 7.28. The molecule has 0 aliphatic carbocycles. The molecule has 0 spiro atoms. The zero-order chi connectivity index (χ0) is 35.9. The average molecular weight is 876 g/mol. The van der Waals surface area contributed by atoms with E-state index in [1.165, 1.54) is 27.4 Å². The number of furan rings is 1. The van der Waals surface area contributed by atoms with Crippen LogP contribution < -0.4 is 5.19 Å². The van der Waals surface area contributed by atoms with Gasteiger partial charge in [0, 0.05) is 37.4 Å². The van der Waals surface area contributed by atoms with Gasteiger partial charge in [-0.15, -0.1) is 54.1 Å². The minimum atomic E-state index is -1.34. The van der Waals surface area contributed by atoms with Gasteiger partial charge in [-0.05, 0) is 73.3 Å². The average Bonchev–Trinajstić information content (AvgIpc) is 3.67. The number of benzene rings is 5. The summed E-state index contributed by atoms with van der Waals surface area (Å²) in [6.07, 6.45) is 3.24. The van der Waals surface area contributed by atoms with E-state index in [0.29, 0.717) is 5.92 Å². The van der Waals surface area contributed by atoms with Gasteiger partial charge in [0.15, 0.2) is 0 Å². The Morgan fingerprint density at radius 3 is 2.21 bits per heavy atom. The number of para-hydroxylation sites is 3. The van der Waals surface area contributed by atoms with Gasteiger partial charge in [0.05, 0.1) is 30.5 Å². The van der Waals surface area contributed by atoms with Crippen LogP contribution in [0, 0.1) is 38.8 Å². The molecule has 0 saturated heterocycles. The van der Waals surface area contributed by atoms with E-state index in [9.17, 15) is 0 Å². The molecular formula is C46H45IrN3OSi-2. The maximum absolute atomic E-state index is 6.32. The van der Waals surface area contributed by atoms with Crippen LogP contribution in [-0.2, 0) is 26.5 Å². The maximum atomic E-state index is 6.32. The van der Waals surface area contributed by atoms with Crippen molar-refractivity contribution in [2.24, 2.45) is 5.92 Å². The predicted molar refractivity (Wildman–Crippen MR) is 217 cm³/mol. The monoisotopic (exact) mass is 876 g/mol. The number of rotatable bonds is 6. The molecule has 0 unspecified atom stereocenters. The minimum Gasteiger partial charge on any atom is -0.501 e. The van der Waals surface area contributed by atoms with E-state index >= 15 is 0 Å². The Morgan fingerprint density at radius 1 is 0.788 bits per heavy atom. The van der Waals surface area contributed by atoms with Gasteiger partial charge in [0.25, 0.3) is 0 Å². The van der Waals surface area contributed by atoms with Crippen molar-refractivity contribution in [2.75, 3.05) is 0 Å². The van der Waals surface area contributed by atoms with Crippen LogP contribution in [0.15, 0.2) is 114 Å². The molecule has 3 aromatic heterocycles. The molecule has 0 N–H and O–H groups in total. The van der Waals surface area contributed by atoms with Crippen molar-refractivity contribution in [1.82, 2.24) is 14.5 Å². The fourth-order valence-corrected chi connectivity index (χ4v) is 8.87. The van der Waals surface area contributed by atoms with E-state index in [0.717, 1.165) is 67.7 Å². The second kappa shape index (κ2) is 15.2. The Balaban J connectivity index is 0.000000193. The molecule has 3 heterocycles. The molecule has 0 atom stereocenters. The molecule has 52 heavy (non-hydrogen) atoms. The quantitative estimate of drug-likeness (QED) is 0.123. The topological polar surface area (TPSA) is 43.9 Å². The first kappa shape index (κ1) is 37.2. The Labute approximate surface area is 322 Å².